The quantitative estimate of drug-likeness (QED) is 0.0211. The van der Waals surface area contributed by atoms with E-state index in [9.17, 15) is 19.0 Å². The van der Waals surface area contributed by atoms with Gasteiger partial charge in [-0.2, -0.15) is 0 Å². The number of hydrogen-bond donors (Lipinski definition) is 1. The van der Waals surface area contributed by atoms with Crippen LogP contribution < -0.4 is 0 Å². The average Bonchev–Trinajstić information content (AvgIpc) is 3.41. The highest BCUT2D eigenvalue weighted by Crippen LogP contribution is 2.43. The minimum atomic E-state index is -4.39. The van der Waals surface area contributed by atoms with Crippen LogP contribution in [0.2, 0.25) is 0 Å². The summed E-state index contributed by atoms with van der Waals surface area (Å²) >= 11 is 0. The smallest absolute Gasteiger partial charge is 0.462 e. The van der Waals surface area contributed by atoms with E-state index in [0.717, 1.165) is 57.8 Å². The summed E-state index contributed by atoms with van der Waals surface area (Å²) < 4.78 is 34.6. The van der Waals surface area contributed by atoms with Gasteiger partial charge in [0.05, 0.1) is 27.7 Å². The van der Waals surface area contributed by atoms with E-state index in [-0.39, 0.29) is 25.6 Å². The van der Waals surface area contributed by atoms with Crippen LogP contribution in [0, 0.1) is 0 Å². The van der Waals surface area contributed by atoms with Crippen LogP contribution in [-0.4, -0.2) is 74.9 Å². The molecule has 0 rings (SSSR count). The molecule has 0 saturated heterocycles. The molecule has 468 valence electrons. The van der Waals surface area contributed by atoms with Crippen LogP contribution in [0.4, 0.5) is 0 Å². The zero-order valence-corrected chi connectivity index (χ0v) is 54.3. The summed E-state index contributed by atoms with van der Waals surface area (Å²) in [5.74, 6) is -0.796. The molecule has 0 fully saturated rings. The van der Waals surface area contributed by atoms with Gasteiger partial charge in [0.1, 0.15) is 19.8 Å². The Morgan fingerprint density at radius 1 is 0.392 bits per heavy atom. The average molecular weight is 1140 g/mol. The molecule has 0 heterocycles. The minimum Gasteiger partial charge on any atom is -0.462 e. The first kappa shape index (κ1) is 77.5. The molecule has 2 unspecified atom stereocenters. The Balaban J connectivity index is 3.85. The van der Waals surface area contributed by atoms with Crippen molar-refractivity contribution in [2.75, 3.05) is 47.5 Å². The molecule has 10 heteroatoms. The fourth-order valence-corrected chi connectivity index (χ4v) is 11.1. The summed E-state index contributed by atoms with van der Waals surface area (Å²) in [6.07, 6.45) is 76.0. The molecule has 0 radical (unpaired) electrons. The van der Waals surface area contributed by atoms with Gasteiger partial charge in [-0.25, -0.2) is 4.57 Å². The molecule has 9 nitrogen and oxygen atoms in total. The van der Waals surface area contributed by atoms with Gasteiger partial charge in [0, 0.05) is 12.8 Å². The Morgan fingerprint density at radius 2 is 0.684 bits per heavy atom. The van der Waals surface area contributed by atoms with Gasteiger partial charge in [-0.05, 0) is 44.9 Å². The second-order valence-electron chi connectivity index (χ2n) is 24.9. The fourth-order valence-electron chi connectivity index (χ4n) is 10.4. The number of allylic oxidation sites excluding steroid dienone is 4. The molecule has 1 N–H and O–H groups in total. The molecule has 0 aliphatic rings. The molecule has 0 aromatic carbocycles. The Kier molecular flexibility index (Phi) is 59.9. The molecule has 0 bridgehead atoms. The number of carbonyl (C=O) groups excluding carboxylic acids is 2. The molecule has 0 aromatic heterocycles. The molecular weight excluding hydrogens is 1000 g/mol. The second-order valence-corrected chi connectivity index (χ2v) is 26.4. The molecule has 0 aliphatic heterocycles. The van der Waals surface area contributed by atoms with Gasteiger partial charge in [-0.15, -0.1) is 0 Å². The topological polar surface area (TPSA) is 108 Å². The number of phosphoric acid groups is 1. The summed E-state index contributed by atoms with van der Waals surface area (Å²) in [6.45, 7) is 4.45. The van der Waals surface area contributed by atoms with Gasteiger partial charge < -0.3 is 18.9 Å². The third-order valence-electron chi connectivity index (χ3n) is 15.7. The van der Waals surface area contributed by atoms with Crippen molar-refractivity contribution in [1.82, 2.24) is 0 Å². The Labute approximate surface area is 491 Å². The van der Waals surface area contributed by atoms with Crippen LogP contribution in [0.5, 0.6) is 0 Å². The number of carbonyl (C=O) groups is 2. The monoisotopic (exact) mass is 1140 g/mol. The van der Waals surface area contributed by atoms with Crippen LogP contribution in [0.15, 0.2) is 24.3 Å². The number of quaternary nitrogens is 1. The number of likely N-dealkylation sites (N-methyl/N-ethyl adjacent to an activating group) is 1. The van der Waals surface area contributed by atoms with Crippen molar-refractivity contribution >= 4 is 19.8 Å². The standard InChI is InChI=1S/C69H134NO8P/c1-6-8-10-12-14-16-18-20-22-24-25-26-27-28-29-30-31-32-33-34-35-36-37-38-39-40-41-42-43-44-45-46-48-49-51-53-55-57-59-61-68(71)75-65-67(66-77-79(73,74)76-64-63-70(3,4)5)78-69(72)62-60-58-56-54-52-50-47-23-21-19-17-15-13-11-9-7-2/h17,19,23,47,67H,6-16,18,20-22,24-46,48-66H2,1-5H3/p+1/b19-17-,47-23-. The van der Waals surface area contributed by atoms with Gasteiger partial charge in [-0.3, -0.25) is 18.6 Å². The molecule has 0 amide bonds. The molecule has 0 aliphatic carbocycles. The molecular formula is C69H135NO8P+. The lowest BCUT2D eigenvalue weighted by Crippen LogP contribution is -2.37. The summed E-state index contributed by atoms with van der Waals surface area (Å²) in [5.41, 5.74) is 0. The first-order chi connectivity index (χ1) is 38.5. The van der Waals surface area contributed by atoms with Gasteiger partial charge in [0.15, 0.2) is 6.10 Å². The molecule has 0 aromatic rings. The van der Waals surface area contributed by atoms with Gasteiger partial charge in [-0.1, -0.05) is 321 Å². The van der Waals surface area contributed by atoms with Crippen molar-refractivity contribution in [2.45, 2.75) is 360 Å². The molecule has 79 heavy (non-hydrogen) atoms. The van der Waals surface area contributed by atoms with E-state index in [1.165, 1.54) is 263 Å². The highest BCUT2D eigenvalue weighted by Gasteiger charge is 2.27. The van der Waals surface area contributed by atoms with Crippen molar-refractivity contribution in [2.24, 2.45) is 0 Å². The van der Waals surface area contributed by atoms with Gasteiger partial charge >= 0.3 is 19.8 Å². The highest BCUT2D eigenvalue weighted by molar-refractivity contribution is 7.47. The summed E-state index contributed by atoms with van der Waals surface area (Å²) in [4.78, 5) is 35.7. The van der Waals surface area contributed by atoms with Crippen LogP contribution >= 0.6 is 7.82 Å². The van der Waals surface area contributed by atoms with Crippen LogP contribution in [0.1, 0.15) is 354 Å². The lowest BCUT2D eigenvalue weighted by molar-refractivity contribution is -0.870. The second kappa shape index (κ2) is 61.1. The predicted octanol–water partition coefficient (Wildman–Crippen LogP) is 22.1. The largest absolute Gasteiger partial charge is 0.472 e. The number of nitrogens with zero attached hydrogens (tertiary/aromatic N) is 1. The number of unbranched alkanes of at least 4 members (excludes halogenated alkanes) is 47. The lowest BCUT2D eigenvalue weighted by atomic mass is 10.0. The van der Waals surface area contributed by atoms with Crippen LogP contribution in [0.25, 0.3) is 0 Å². The fraction of sp³-hybridized carbons (Fsp3) is 0.913. The maximum atomic E-state index is 12.8. The maximum absolute atomic E-state index is 12.8. The van der Waals surface area contributed by atoms with E-state index in [0.29, 0.717) is 23.9 Å². The van der Waals surface area contributed by atoms with E-state index < -0.39 is 26.5 Å². The number of phosphoric ester groups is 1. The zero-order chi connectivity index (χ0) is 57.7. The first-order valence-corrected chi connectivity index (χ1v) is 36.1. The maximum Gasteiger partial charge on any atom is 0.472 e. The van der Waals surface area contributed by atoms with E-state index in [2.05, 4.69) is 38.2 Å². The number of esters is 2. The third-order valence-corrected chi connectivity index (χ3v) is 16.7. The number of hydrogen-bond acceptors (Lipinski definition) is 7. The Morgan fingerprint density at radius 3 is 1.01 bits per heavy atom. The number of rotatable bonds is 65. The van der Waals surface area contributed by atoms with Crippen LogP contribution in [-0.2, 0) is 32.7 Å². The Hall–Kier alpha value is -1.51. The van der Waals surface area contributed by atoms with Crippen LogP contribution in [0.3, 0.4) is 0 Å². The van der Waals surface area contributed by atoms with Crippen molar-refractivity contribution < 1.29 is 42.1 Å². The molecule has 0 spiro atoms. The number of ether oxygens (including phenoxy) is 2. The van der Waals surface area contributed by atoms with Crippen molar-refractivity contribution in [1.29, 1.82) is 0 Å². The Bertz CT molecular complexity index is 1380. The predicted molar refractivity (Wildman–Crippen MR) is 340 cm³/mol. The van der Waals surface area contributed by atoms with Crippen molar-refractivity contribution in [3.8, 4) is 0 Å². The van der Waals surface area contributed by atoms with E-state index >= 15 is 0 Å². The van der Waals surface area contributed by atoms with E-state index in [1.54, 1.807) is 0 Å². The normalized spacial score (nSPS) is 13.2. The SMILES string of the molecule is CCCCCC/C=C\C/C=C\CCCCCCCC(=O)OC(COC(=O)CCCCCCCCCCCCCCCCCCCCCCCCCCCCCCCCCCCCCCCCC)COP(=O)(O)OCC[N+](C)(C)C. The van der Waals surface area contributed by atoms with E-state index in [4.69, 9.17) is 18.5 Å². The lowest BCUT2D eigenvalue weighted by Gasteiger charge is -2.24. The summed E-state index contributed by atoms with van der Waals surface area (Å²) in [5, 5.41) is 0. The molecule has 2 atom stereocenters. The van der Waals surface area contributed by atoms with E-state index in [1.807, 2.05) is 21.1 Å². The minimum absolute atomic E-state index is 0.0312. The first-order valence-electron chi connectivity index (χ1n) is 34.6. The molecule has 0 saturated carbocycles. The third kappa shape index (κ3) is 65.5. The van der Waals surface area contributed by atoms with Crippen molar-refractivity contribution in [3.63, 3.8) is 0 Å². The van der Waals surface area contributed by atoms with Gasteiger partial charge in [0.25, 0.3) is 0 Å². The highest BCUT2D eigenvalue weighted by atomic mass is 31.2. The summed E-state index contributed by atoms with van der Waals surface area (Å²) in [7, 11) is 1.48. The zero-order valence-electron chi connectivity index (χ0n) is 53.4. The van der Waals surface area contributed by atoms with Crippen molar-refractivity contribution in [3.05, 3.63) is 24.3 Å². The summed E-state index contributed by atoms with van der Waals surface area (Å²) in [6, 6.07) is 0. The van der Waals surface area contributed by atoms with Gasteiger partial charge in [0.2, 0.25) is 0 Å².